The van der Waals surface area contributed by atoms with Crippen molar-refractivity contribution in [1.29, 1.82) is 0 Å². The molecule has 1 saturated heterocycles. The van der Waals surface area contributed by atoms with Gasteiger partial charge in [-0.3, -0.25) is 9.59 Å². The van der Waals surface area contributed by atoms with Crippen LogP contribution < -0.4 is 10.4 Å². The van der Waals surface area contributed by atoms with Gasteiger partial charge in [-0.1, -0.05) is 12.8 Å². The number of carbonyl (C=O) groups excluding carboxylic acids is 2. The predicted octanol–water partition coefficient (Wildman–Crippen LogP) is 2.97. The van der Waals surface area contributed by atoms with Crippen molar-refractivity contribution < 1.29 is 18.7 Å². The molecule has 0 radical (unpaired) electrons. The van der Waals surface area contributed by atoms with Crippen LogP contribution in [0.4, 0.5) is 0 Å². The summed E-state index contributed by atoms with van der Waals surface area (Å²) < 4.78 is 11.6. The van der Waals surface area contributed by atoms with Gasteiger partial charge in [-0.05, 0) is 63.6 Å². The second kappa shape index (κ2) is 8.26. The number of aryl methyl sites for hydroxylation is 2. The Morgan fingerprint density at radius 3 is 2.59 bits per heavy atom. The van der Waals surface area contributed by atoms with E-state index in [0.29, 0.717) is 30.5 Å². The molecule has 1 aliphatic heterocycles. The van der Waals surface area contributed by atoms with Gasteiger partial charge in [0, 0.05) is 35.6 Å². The van der Waals surface area contributed by atoms with Crippen LogP contribution in [0.3, 0.4) is 0 Å². The van der Waals surface area contributed by atoms with Crippen LogP contribution in [-0.4, -0.2) is 53.4 Å². The first kappa shape index (κ1) is 21.0. The molecule has 1 aromatic carbocycles. The summed E-state index contributed by atoms with van der Waals surface area (Å²) in [4.78, 5) is 41.6. The van der Waals surface area contributed by atoms with Crippen LogP contribution in [0.25, 0.3) is 11.0 Å². The molecule has 2 fully saturated rings. The summed E-state index contributed by atoms with van der Waals surface area (Å²) >= 11 is 0. The predicted molar refractivity (Wildman–Crippen MR) is 120 cm³/mol. The molecule has 3 aliphatic rings. The molecule has 0 spiro atoms. The normalized spacial score (nSPS) is 20.1. The van der Waals surface area contributed by atoms with E-state index in [9.17, 15) is 14.4 Å². The smallest absolute Gasteiger partial charge is 0.339 e. The number of amides is 2. The Kier molecular flexibility index (Phi) is 5.43. The van der Waals surface area contributed by atoms with Crippen molar-refractivity contribution in [2.24, 2.45) is 0 Å². The van der Waals surface area contributed by atoms with Gasteiger partial charge < -0.3 is 19.0 Å². The van der Waals surface area contributed by atoms with E-state index in [4.69, 9.17) is 9.15 Å². The second-order valence-electron chi connectivity index (χ2n) is 9.31. The summed E-state index contributed by atoms with van der Waals surface area (Å²) in [6.07, 6.45) is 6.37. The molecule has 170 valence electrons. The number of nitrogens with zero attached hydrogens (tertiary/aromatic N) is 2. The van der Waals surface area contributed by atoms with Gasteiger partial charge in [-0.2, -0.15) is 0 Å². The lowest BCUT2D eigenvalue weighted by atomic mass is 10.0. The van der Waals surface area contributed by atoms with E-state index in [0.717, 1.165) is 54.2 Å². The van der Waals surface area contributed by atoms with Gasteiger partial charge in [-0.15, -0.1) is 0 Å². The van der Waals surface area contributed by atoms with Crippen molar-refractivity contribution >= 4 is 22.8 Å². The molecule has 7 heteroatoms. The minimum absolute atomic E-state index is 0.0289. The highest BCUT2D eigenvalue weighted by molar-refractivity contribution is 5.89. The van der Waals surface area contributed by atoms with Crippen LogP contribution >= 0.6 is 0 Å². The molecule has 2 amide bonds. The first-order valence-electron chi connectivity index (χ1n) is 11.8. The zero-order valence-electron chi connectivity index (χ0n) is 18.8. The van der Waals surface area contributed by atoms with Gasteiger partial charge in [0.05, 0.1) is 6.54 Å². The highest BCUT2D eigenvalue weighted by atomic mass is 16.5. The molecule has 7 nitrogen and oxygen atoms in total. The zero-order chi connectivity index (χ0) is 22.4. The molecule has 2 aromatic rings. The fourth-order valence-corrected chi connectivity index (χ4v) is 5.57. The Morgan fingerprint density at radius 1 is 1.09 bits per heavy atom. The number of hydrogen-bond donors (Lipinski definition) is 0. The van der Waals surface area contributed by atoms with Crippen molar-refractivity contribution in [3.8, 4) is 5.75 Å². The zero-order valence-corrected chi connectivity index (χ0v) is 18.8. The number of fused-ring (bicyclic) bond motifs is 3. The molecular formula is C25H30N2O5. The highest BCUT2D eigenvalue weighted by Gasteiger charge is 2.34. The van der Waals surface area contributed by atoms with Crippen LogP contribution in [0, 0.1) is 6.92 Å². The Morgan fingerprint density at radius 2 is 1.84 bits per heavy atom. The van der Waals surface area contributed by atoms with Gasteiger partial charge in [0.25, 0.3) is 5.91 Å². The van der Waals surface area contributed by atoms with Crippen molar-refractivity contribution in [2.45, 2.75) is 70.9 Å². The van der Waals surface area contributed by atoms with Gasteiger partial charge in [0.15, 0.2) is 6.10 Å². The first-order valence-corrected chi connectivity index (χ1v) is 11.8. The number of benzene rings is 1. The van der Waals surface area contributed by atoms with E-state index in [1.807, 2.05) is 24.0 Å². The maximum atomic E-state index is 13.0. The maximum absolute atomic E-state index is 13.0. The van der Waals surface area contributed by atoms with E-state index in [1.165, 1.54) is 12.8 Å². The largest absolute Gasteiger partial charge is 0.480 e. The molecule has 0 N–H and O–H groups in total. The van der Waals surface area contributed by atoms with E-state index >= 15 is 0 Å². The van der Waals surface area contributed by atoms with E-state index < -0.39 is 6.10 Å². The average molecular weight is 439 g/mol. The molecule has 1 atom stereocenters. The minimum Gasteiger partial charge on any atom is -0.480 e. The van der Waals surface area contributed by atoms with Crippen LogP contribution in [0.5, 0.6) is 5.75 Å². The molecule has 1 unspecified atom stereocenters. The van der Waals surface area contributed by atoms with E-state index in [-0.39, 0.29) is 24.0 Å². The van der Waals surface area contributed by atoms with Crippen molar-refractivity contribution in [1.82, 2.24) is 9.80 Å². The molecule has 2 heterocycles. The molecule has 5 rings (SSSR count). The summed E-state index contributed by atoms with van der Waals surface area (Å²) in [5.41, 5.74) is 2.85. The molecule has 32 heavy (non-hydrogen) atoms. The second-order valence-corrected chi connectivity index (χ2v) is 9.31. The quantitative estimate of drug-likeness (QED) is 0.686. The number of hydrogen-bond acceptors (Lipinski definition) is 5. The number of piperazine rings is 1. The lowest BCUT2D eigenvalue weighted by molar-refractivity contribution is -0.150. The van der Waals surface area contributed by atoms with Crippen LogP contribution in [-0.2, 0) is 22.4 Å². The van der Waals surface area contributed by atoms with Crippen LogP contribution in [0.15, 0.2) is 21.3 Å². The maximum Gasteiger partial charge on any atom is 0.339 e. The molecular weight excluding hydrogens is 408 g/mol. The van der Waals surface area contributed by atoms with Crippen molar-refractivity contribution in [2.75, 3.05) is 19.6 Å². The van der Waals surface area contributed by atoms with E-state index in [2.05, 4.69) is 0 Å². The van der Waals surface area contributed by atoms with Gasteiger partial charge in [0.1, 0.15) is 11.3 Å². The molecule has 1 saturated carbocycles. The molecule has 1 aromatic heterocycles. The fourth-order valence-electron chi connectivity index (χ4n) is 5.57. The Labute approximate surface area is 187 Å². The number of carbonyl (C=O) groups is 2. The summed E-state index contributed by atoms with van der Waals surface area (Å²) in [7, 11) is 0. The Hall–Kier alpha value is -2.83. The third-order valence-electron chi connectivity index (χ3n) is 7.33. The monoisotopic (exact) mass is 438 g/mol. The third kappa shape index (κ3) is 3.57. The van der Waals surface area contributed by atoms with Crippen molar-refractivity contribution in [3.63, 3.8) is 0 Å². The summed E-state index contributed by atoms with van der Waals surface area (Å²) in [5, 5.41) is 0.953. The fraction of sp³-hybridized carbons (Fsp3) is 0.560. The number of rotatable bonds is 4. The standard InChI is InChI=1S/C25H30N2O5/c1-15-21(11-10-19-18-8-5-9-20(18)25(30)32-23(15)19)31-16(2)24(29)26-12-13-27(22(28)14-26)17-6-3-4-7-17/h10-11,16-17H,3-9,12-14H2,1-2H3. The van der Waals surface area contributed by atoms with E-state index in [1.54, 1.807) is 11.8 Å². The van der Waals surface area contributed by atoms with Gasteiger partial charge >= 0.3 is 5.63 Å². The summed E-state index contributed by atoms with van der Waals surface area (Å²) in [6, 6.07) is 4.11. The third-order valence-corrected chi connectivity index (χ3v) is 7.33. The lowest BCUT2D eigenvalue weighted by Gasteiger charge is -2.38. The molecule has 2 aliphatic carbocycles. The highest BCUT2D eigenvalue weighted by Crippen LogP contribution is 2.33. The summed E-state index contributed by atoms with van der Waals surface area (Å²) in [6.45, 7) is 4.79. The topological polar surface area (TPSA) is 80.1 Å². The number of ether oxygens (including phenoxy) is 1. The van der Waals surface area contributed by atoms with Crippen molar-refractivity contribution in [3.05, 3.63) is 39.2 Å². The first-order chi connectivity index (χ1) is 15.4. The van der Waals surface area contributed by atoms with Gasteiger partial charge in [0.2, 0.25) is 5.91 Å². The summed E-state index contributed by atoms with van der Waals surface area (Å²) in [5.74, 6) is 0.357. The van der Waals surface area contributed by atoms with Crippen LogP contribution in [0.1, 0.15) is 55.7 Å². The van der Waals surface area contributed by atoms with Gasteiger partial charge in [-0.25, -0.2) is 4.79 Å². The SMILES string of the molecule is Cc1c(OC(C)C(=O)N2CCN(C3CCCC3)C(=O)C2)ccc2c3c(c(=O)oc12)CCC3. The molecule has 0 bridgehead atoms. The Balaban J connectivity index is 1.30. The van der Waals surface area contributed by atoms with Crippen LogP contribution in [0.2, 0.25) is 0 Å². The average Bonchev–Trinajstić information content (AvgIpc) is 3.48. The Bertz CT molecular complexity index is 1130. The minimum atomic E-state index is -0.738. The lowest BCUT2D eigenvalue weighted by Crippen LogP contribution is -2.56.